The zero-order chi connectivity index (χ0) is 13.7. The summed E-state index contributed by atoms with van der Waals surface area (Å²) in [4.78, 5) is 0. The van der Waals surface area contributed by atoms with E-state index in [0.29, 0.717) is 5.92 Å². The van der Waals surface area contributed by atoms with E-state index >= 15 is 0 Å². The first kappa shape index (κ1) is 13.6. The topological polar surface area (TPSA) is 42.7 Å². The van der Waals surface area contributed by atoms with Gasteiger partial charge in [-0.05, 0) is 36.6 Å². The van der Waals surface area contributed by atoms with Crippen molar-refractivity contribution in [2.75, 3.05) is 11.9 Å². The average molecular weight is 258 g/mol. The molecule has 0 aliphatic rings. The molecule has 1 heterocycles. The third kappa shape index (κ3) is 3.56. The third-order valence-electron chi connectivity index (χ3n) is 3.29. The second kappa shape index (κ2) is 6.36. The van der Waals surface area contributed by atoms with Gasteiger partial charge in [0.1, 0.15) is 6.33 Å². The number of nitrogens with zero attached hydrogens (tertiary/aromatic N) is 3. The van der Waals surface area contributed by atoms with Crippen LogP contribution in [0.15, 0.2) is 30.6 Å². The summed E-state index contributed by atoms with van der Waals surface area (Å²) in [7, 11) is 1.95. The summed E-state index contributed by atoms with van der Waals surface area (Å²) in [5, 5.41) is 11.5. The zero-order valence-corrected chi connectivity index (χ0v) is 11.9. The molecule has 0 fully saturated rings. The normalized spacial score (nSPS) is 12.4. The molecule has 0 spiro atoms. The summed E-state index contributed by atoms with van der Waals surface area (Å²) in [5.74, 6) is 1.61. The van der Waals surface area contributed by atoms with Crippen LogP contribution in [-0.4, -0.2) is 21.3 Å². The maximum absolute atomic E-state index is 4.11. The predicted octanol–water partition coefficient (Wildman–Crippen LogP) is 3.33. The van der Waals surface area contributed by atoms with Crippen LogP contribution in [0, 0.1) is 5.92 Å². The van der Waals surface area contributed by atoms with E-state index in [-0.39, 0.29) is 0 Å². The van der Waals surface area contributed by atoms with E-state index in [9.17, 15) is 0 Å². The van der Waals surface area contributed by atoms with Crippen molar-refractivity contribution in [3.8, 4) is 11.4 Å². The fourth-order valence-electron chi connectivity index (χ4n) is 2.17. The molecule has 1 aromatic carbocycles. The summed E-state index contributed by atoms with van der Waals surface area (Å²) in [6.45, 7) is 5.54. The van der Waals surface area contributed by atoms with E-state index in [2.05, 4.69) is 53.6 Å². The minimum absolute atomic E-state index is 0.711. The highest BCUT2D eigenvalue weighted by Crippen LogP contribution is 2.19. The molecule has 0 aliphatic heterocycles. The van der Waals surface area contributed by atoms with Crippen LogP contribution in [-0.2, 0) is 7.05 Å². The van der Waals surface area contributed by atoms with Crippen molar-refractivity contribution in [1.29, 1.82) is 0 Å². The first-order valence-electron chi connectivity index (χ1n) is 6.89. The van der Waals surface area contributed by atoms with Gasteiger partial charge in [-0.15, -0.1) is 10.2 Å². The molecule has 0 amide bonds. The highest BCUT2D eigenvalue weighted by molar-refractivity contribution is 5.59. The van der Waals surface area contributed by atoms with Gasteiger partial charge < -0.3 is 9.88 Å². The Labute approximate surface area is 114 Å². The van der Waals surface area contributed by atoms with Gasteiger partial charge in [-0.1, -0.05) is 20.3 Å². The van der Waals surface area contributed by atoms with Crippen molar-refractivity contribution in [3.05, 3.63) is 30.6 Å². The summed E-state index contributed by atoms with van der Waals surface area (Å²) < 4.78 is 1.92. The van der Waals surface area contributed by atoms with Gasteiger partial charge in [0, 0.05) is 24.8 Å². The Kier molecular flexibility index (Phi) is 4.55. The molecule has 0 saturated carbocycles. The molecule has 0 radical (unpaired) electrons. The number of benzene rings is 1. The lowest BCUT2D eigenvalue weighted by molar-refractivity contribution is 0.551. The minimum Gasteiger partial charge on any atom is -0.385 e. The molecule has 1 N–H and O–H groups in total. The van der Waals surface area contributed by atoms with Crippen molar-refractivity contribution in [3.63, 3.8) is 0 Å². The second-order valence-electron chi connectivity index (χ2n) is 5.12. The highest BCUT2D eigenvalue weighted by atomic mass is 15.2. The van der Waals surface area contributed by atoms with Crippen LogP contribution >= 0.6 is 0 Å². The number of aromatic nitrogens is 3. The van der Waals surface area contributed by atoms with E-state index < -0.39 is 0 Å². The lowest BCUT2D eigenvalue weighted by Crippen LogP contribution is -2.10. The van der Waals surface area contributed by atoms with Crippen molar-refractivity contribution >= 4 is 5.69 Å². The van der Waals surface area contributed by atoms with Gasteiger partial charge >= 0.3 is 0 Å². The van der Waals surface area contributed by atoms with Crippen molar-refractivity contribution in [2.24, 2.45) is 13.0 Å². The van der Waals surface area contributed by atoms with Gasteiger partial charge in [0.25, 0.3) is 0 Å². The maximum Gasteiger partial charge on any atom is 0.163 e. The first-order chi connectivity index (χ1) is 9.20. The lowest BCUT2D eigenvalue weighted by atomic mass is 10.1. The summed E-state index contributed by atoms with van der Waals surface area (Å²) in [6, 6.07) is 8.36. The number of aryl methyl sites for hydroxylation is 1. The van der Waals surface area contributed by atoms with Crippen LogP contribution < -0.4 is 5.32 Å². The minimum atomic E-state index is 0.711. The lowest BCUT2D eigenvalue weighted by Gasteiger charge is -2.12. The summed E-state index contributed by atoms with van der Waals surface area (Å²) >= 11 is 0. The molecule has 102 valence electrons. The quantitative estimate of drug-likeness (QED) is 0.864. The Morgan fingerprint density at radius 3 is 2.58 bits per heavy atom. The molecule has 1 aromatic heterocycles. The van der Waals surface area contributed by atoms with Gasteiger partial charge in [0.05, 0.1) is 0 Å². The zero-order valence-electron chi connectivity index (χ0n) is 11.9. The van der Waals surface area contributed by atoms with Crippen LogP contribution in [0.25, 0.3) is 11.4 Å². The van der Waals surface area contributed by atoms with Crippen LogP contribution in [0.1, 0.15) is 26.7 Å². The van der Waals surface area contributed by atoms with E-state index in [1.165, 1.54) is 12.8 Å². The van der Waals surface area contributed by atoms with Gasteiger partial charge in [0.15, 0.2) is 5.82 Å². The van der Waals surface area contributed by atoms with Gasteiger partial charge in [-0.2, -0.15) is 0 Å². The van der Waals surface area contributed by atoms with E-state index in [1.54, 1.807) is 6.33 Å². The molecule has 1 atom stereocenters. The highest BCUT2D eigenvalue weighted by Gasteiger charge is 2.04. The second-order valence-corrected chi connectivity index (χ2v) is 5.12. The van der Waals surface area contributed by atoms with Crippen molar-refractivity contribution in [1.82, 2.24) is 14.8 Å². The van der Waals surface area contributed by atoms with Crippen LogP contribution in [0.3, 0.4) is 0 Å². The molecular formula is C15H22N4. The Hall–Kier alpha value is -1.84. The standard InChI is InChI=1S/C15H22N4/c1-4-5-12(2)10-16-14-8-6-13(7-9-14)15-18-17-11-19(15)3/h6-9,11-12,16H,4-5,10H2,1-3H3. The fourth-order valence-corrected chi connectivity index (χ4v) is 2.17. The predicted molar refractivity (Wildman–Crippen MR) is 79.0 cm³/mol. The monoisotopic (exact) mass is 258 g/mol. The van der Waals surface area contributed by atoms with Crippen LogP contribution in [0.2, 0.25) is 0 Å². The molecule has 1 unspecified atom stereocenters. The summed E-state index contributed by atoms with van der Waals surface area (Å²) in [6.07, 6.45) is 4.23. The fraction of sp³-hybridized carbons (Fsp3) is 0.467. The Morgan fingerprint density at radius 1 is 1.26 bits per heavy atom. The maximum atomic E-state index is 4.11. The molecule has 4 nitrogen and oxygen atoms in total. The number of hydrogen-bond donors (Lipinski definition) is 1. The van der Waals surface area contributed by atoms with Gasteiger partial charge in [-0.3, -0.25) is 0 Å². The molecule has 0 bridgehead atoms. The summed E-state index contributed by atoms with van der Waals surface area (Å²) in [5.41, 5.74) is 2.25. The molecule has 0 saturated heterocycles. The van der Waals surface area contributed by atoms with Gasteiger partial charge in [-0.25, -0.2) is 0 Å². The molecule has 2 aromatic rings. The largest absolute Gasteiger partial charge is 0.385 e. The molecular weight excluding hydrogens is 236 g/mol. The Morgan fingerprint density at radius 2 is 2.00 bits per heavy atom. The van der Waals surface area contributed by atoms with E-state index in [1.807, 2.05) is 11.6 Å². The van der Waals surface area contributed by atoms with Gasteiger partial charge in [0.2, 0.25) is 0 Å². The molecule has 2 rings (SSSR count). The number of nitrogens with one attached hydrogen (secondary N) is 1. The third-order valence-corrected chi connectivity index (χ3v) is 3.29. The Balaban J connectivity index is 1.97. The smallest absolute Gasteiger partial charge is 0.163 e. The van der Waals surface area contributed by atoms with Crippen LogP contribution in [0.5, 0.6) is 0 Å². The SMILES string of the molecule is CCCC(C)CNc1ccc(-c2nncn2C)cc1. The van der Waals surface area contributed by atoms with Crippen molar-refractivity contribution in [2.45, 2.75) is 26.7 Å². The molecule has 0 aliphatic carbocycles. The number of anilines is 1. The first-order valence-corrected chi connectivity index (χ1v) is 6.89. The van der Waals surface area contributed by atoms with E-state index in [0.717, 1.165) is 23.6 Å². The average Bonchev–Trinajstić information content (AvgIpc) is 2.84. The molecule has 4 heteroatoms. The number of hydrogen-bond acceptors (Lipinski definition) is 3. The Bertz CT molecular complexity index is 501. The molecule has 19 heavy (non-hydrogen) atoms. The number of rotatable bonds is 6. The van der Waals surface area contributed by atoms with E-state index in [4.69, 9.17) is 0 Å². The van der Waals surface area contributed by atoms with Crippen LogP contribution in [0.4, 0.5) is 5.69 Å². The van der Waals surface area contributed by atoms with Crippen molar-refractivity contribution < 1.29 is 0 Å².